The van der Waals surface area contributed by atoms with Crippen molar-refractivity contribution in [1.82, 2.24) is 0 Å². The Kier molecular flexibility index (Phi) is 3.35. The van der Waals surface area contributed by atoms with Gasteiger partial charge in [0.2, 0.25) is 0 Å². The highest BCUT2D eigenvalue weighted by Crippen LogP contribution is 2.19. The van der Waals surface area contributed by atoms with Crippen molar-refractivity contribution in [2.24, 2.45) is 5.73 Å². The van der Waals surface area contributed by atoms with Crippen LogP contribution in [0, 0.1) is 15.9 Å². The van der Waals surface area contributed by atoms with Crippen molar-refractivity contribution >= 4 is 11.4 Å². The largest absolute Gasteiger partial charge is 0.383 e. The van der Waals surface area contributed by atoms with Gasteiger partial charge in [0.25, 0.3) is 5.69 Å². The Morgan fingerprint density at radius 3 is 2.79 bits per heavy atom. The fraction of sp³-hybridized carbons (Fsp3) is 0.250. The topological polar surface area (TPSA) is 81.2 Å². The molecule has 0 saturated heterocycles. The molecule has 0 aromatic heterocycles. The molecule has 5 nitrogen and oxygen atoms in total. The van der Waals surface area contributed by atoms with E-state index >= 15 is 0 Å². The van der Waals surface area contributed by atoms with E-state index in [4.69, 9.17) is 5.73 Å². The summed E-state index contributed by atoms with van der Waals surface area (Å²) in [5, 5.41) is 13.1. The third-order valence-electron chi connectivity index (χ3n) is 1.57. The third kappa shape index (κ3) is 2.67. The molecule has 0 fully saturated rings. The Bertz CT molecular complexity index is 343. The number of nitrogens with one attached hydrogen (secondary N) is 1. The van der Waals surface area contributed by atoms with E-state index < -0.39 is 10.7 Å². The van der Waals surface area contributed by atoms with Gasteiger partial charge in [0.15, 0.2) is 0 Å². The lowest BCUT2D eigenvalue weighted by atomic mass is 10.2. The van der Waals surface area contributed by atoms with Gasteiger partial charge in [0.1, 0.15) is 5.82 Å². The lowest BCUT2D eigenvalue weighted by Gasteiger charge is -2.03. The van der Waals surface area contributed by atoms with E-state index in [9.17, 15) is 14.5 Å². The van der Waals surface area contributed by atoms with Crippen molar-refractivity contribution in [1.29, 1.82) is 0 Å². The Labute approximate surface area is 79.9 Å². The summed E-state index contributed by atoms with van der Waals surface area (Å²) in [5.41, 5.74) is 5.31. The maximum Gasteiger partial charge on any atom is 0.274 e. The number of anilines is 1. The van der Waals surface area contributed by atoms with Crippen LogP contribution in [0.5, 0.6) is 0 Å². The van der Waals surface area contributed by atoms with Gasteiger partial charge in [0.05, 0.1) is 11.0 Å². The second-order valence-corrected chi connectivity index (χ2v) is 2.67. The zero-order chi connectivity index (χ0) is 10.6. The van der Waals surface area contributed by atoms with Crippen LogP contribution >= 0.6 is 0 Å². The van der Waals surface area contributed by atoms with E-state index in [1.807, 2.05) is 0 Å². The first-order valence-electron chi connectivity index (χ1n) is 4.02. The number of nitro benzene ring substituents is 1. The summed E-state index contributed by atoms with van der Waals surface area (Å²) in [6.07, 6.45) is 0. The smallest absolute Gasteiger partial charge is 0.274 e. The number of hydrogen-bond donors (Lipinski definition) is 2. The van der Waals surface area contributed by atoms with Gasteiger partial charge in [-0.1, -0.05) is 0 Å². The van der Waals surface area contributed by atoms with Gasteiger partial charge < -0.3 is 11.1 Å². The Balaban J connectivity index is 2.89. The predicted octanol–water partition coefficient (Wildman–Crippen LogP) is 1.10. The number of nitro groups is 1. The van der Waals surface area contributed by atoms with Crippen molar-refractivity contribution in [2.45, 2.75) is 0 Å². The Hall–Kier alpha value is -1.69. The summed E-state index contributed by atoms with van der Waals surface area (Å²) in [7, 11) is 0. The number of rotatable bonds is 4. The summed E-state index contributed by atoms with van der Waals surface area (Å²) in [6, 6.07) is 3.31. The van der Waals surface area contributed by atoms with Crippen LogP contribution in [0.2, 0.25) is 0 Å². The Morgan fingerprint density at radius 2 is 2.21 bits per heavy atom. The molecule has 1 aromatic rings. The van der Waals surface area contributed by atoms with Crippen LogP contribution < -0.4 is 11.1 Å². The molecule has 0 spiro atoms. The minimum Gasteiger partial charge on any atom is -0.383 e. The lowest BCUT2D eigenvalue weighted by molar-refractivity contribution is -0.385. The van der Waals surface area contributed by atoms with Crippen LogP contribution in [0.1, 0.15) is 0 Å². The minimum absolute atomic E-state index is 0.274. The van der Waals surface area contributed by atoms with Crippen molar-refractivity contribution in [3.05, 3.63) is 34.1 Å². The van der Waals surface area contributed by atoms with E-state index in [0.717, 1.165) is 6.07 Å². The lowest BCUT2D eigenvalue weighted by Crippen LogP contribution is -2.13. The van der Waals surface area contributed by atoms with Gasteiger partial charge in [-0.2, -0.15) is 0 Å². The zero-order valence-corrected chi connectivity index (χ0v) is 7.37. The van der Waals surface area contributed by atoms with Crippen molar-refractivity contribution in [3.63, 3.8) is 0 Å². The number of non-ortho nitro benzene ring substituents is 1. The van der Waals surface area contributed by atoms with Crippen LogP contribution in [0.4, 0.5) is 15.8 Å². The maximum absolute atomic E-state index is 12.8. The molecule has 0 amide bonds. The van der Waals surface area contributed by atoms with Gasteiger partial charge in [-0.25, -0.2) is 4.39 Å². The molecule has 0 aliphatic carbocycles. The molecule has 0 aliphatic rings. The average molecular weight is 199 g/mol. The highest BCUT2D eigenvalue weighted by Gasteiger charge is 2.08. The Morgan fingerprint density at radius 1 is 1.50 bits per heavy atom. The quantitative estimate of drug-likeness (QED) is 0.562. The number of hydrogen-bond acceptors (Lipinski definition) is 4. The zero-order valence-electron chi connectivity index (χ0n) is 7.37. The minimum atomic E-state index is -0.642. The van der Waals surface area contributed by atoms with E-state index in [-0.39, 0.29) is 5.69 Å². The number of halogens is 1. The molecular formula is C8H10FN3O2. The van der Waals surface area contributed by atoms with Gasteiger partial charge in [0, 0.05) is 24.8 Å². The van der Waals surface area contributed by atoms with E-state index in [0.29, 0.717) is 18.8 Å². The summed E-state index contributed by atoms with van der Waals surface area (Å²) >= 11 is 0. The SMILES string of the molecule is NCCNc1cc(F)cc([N+](=O)[O-])c1. The van der Waals surface area contributed by atoms with Crippen LogP contribution in [0.15, 0.2) is 18.2 Å². The van der Waals surface area contributed by atoms with Crippen LogP contribution in [0.25, 0.3) is 0 Å². The second kappa shape index (κ2) is 4.52. The maximum atomic E-state index is 12.8. The molecule has 1 rings (SSSR count). The van der Waals surface area contributed by atoms with Crippen molar-refractivity contribution < 1.29 is 9.31 Å². The fourth-order valence-corrected chi connectivity index (χ4v) is 0.998. The molecule has 3 N–H and O–H groups in total. The molecule has 0 saturated carbocycles. The van der Waals surface area contributed by atoms with E-state index in [1.165, 1.54) is 12.1 Å². The molecule has 14 heavy (non-hydrogen) atoms. The monoisotopic (exact) mass is 199 g/mol. The van der Waals surface area contributed by atoms with E-state index in [1.54, 1.807) is 0 Å². The highest BCUT2D eigenvalue weighted by molar-refractivity contribution is 5.51. The molecule has 0 atom stereocenters. The second-order valence-electron chi connectivity index (χ2n) is 2.67. The fourth-order valence-electron chi connectivity index (χ4n) is 0.998. The standard InChI is InChI=1S/C8H10FN3O2/c9-6-3-7(11-2-1-10)5-8(4-6)12(13)14/h3-5,11H,1-2,10H2. The summed E-state index contributed by atoms with van der Waals surface area (Å²) < 4.78 is 12.8. The van der Waals surface area contributed by atoms with Crippen molar-refractivity contribution in [2.75, 3.05) is 18.4 Å². The van der Waals surface area contributed by atoms with Crippen LogP contribution in [-0.4, -0.2) is 18.0 Å². The van der Waals surface area contributed by atoms with Gasteiger partial charge >= 0.3 is 0 Å². The molecule has 76 valence electrons. The average Bonchev–Trinajstić information content (AvgIpc) is 2.14. The molecule has 6 heteroatoms. The summed E-state index contributed by atoms with van der Waals surface area (Å²) in [5.74, 6) is -0.640. The predicted molar refractivity (Wildman–Crippen MR) is 50.6 cm³/mol. The first-order valence-corrected chi connectivity index (χ1v) is 4.02. The van der Waals surface area contributed by atoms with Crippen LogP contribution in [0.3, 0.4) is 0 Å². The van der Waals surface area contributed by atoms with E-state index in [2.05, 4.69) is 5.32 Å². The molecule has 0 unspecified atom stereocenters. The number of nitrogens with two attached hydrogens (primary N) is 1. The molecule has 1 aromatic carbocycles. The molecular weight excluding hydrogens is 189 g/mol. The van der Waals surface area contributed by atoms with Gasteiger partial charge in [-0.15, -0.1) is 0 Å². The third-order valence-corrected chi connectivity index (χ3v) is 1.57. The normalized spacial score (nSPS) is 9.86. The highest BCUT2D eigenvalue weighted by atomic mass is 19.1. The summed E-state index contributed by atoms with van der Waals surface area (Å²) in [4.78, 5) is 9.72. The van der Waals surface area contributed by atoms with Gasteiger partial charge in [-0.3, -0.25) is 10.1 Å². The molecule has 0 radical (unpaired) electrons. The van der Waals surface area contributed by atoms with Gasteiger partial charge in [-0.05, 0) is 6.07 Å². The van der Waals surface area contributed by atoms with Crippen LogP contribution in [-0.2, 0) is 0 Å². The number of benzene rings is 1. The molecule has 0 heterocycles. The van der Waals surface area contributed by atoms with Crippen molar-refractivity contribution in [3.8, 4) is 0 Å². The first-order chi connectivity index (χ1) is 6.63. The number of nitrogens with zero attached hydrogens (tertiary/aromatic N) is 1. The first kappa shape index (κ1) is 10.4. The molecule has 0 aliphatic heterocycles. The summed E-state index contributed by atoms with van der Waals surface area (Å²) in [6.45, 7) is 0.824. The molecule has 0 bridgehead atoms.